The van der Waals surface area contributed by atoms with Crippen molar-refractivity contribution in [2.75, 3.05) is 25.1 Å². The van der Waals surface area contributed by atoms with Gasteiger partial charge >= 0.3 is 0 Å². The van der Waals surface area contributed by atoms with Gasteiger partial charge < -0.3 is 29.9 Å². The number of rotatable bonds is 6. The molecule has 0 spiro atoms. The number of amides is 1. The SMILES string of the molecule is O=C(c1c(O)cc(O)cc1OCC1CC1)N1Cc2cccc(NC3CCOC3)c2C1. The summed E-state index contributed by atoms with van der Waals surface area (Å²) in [5, 5.41) is 23.8. The molecule has 3 aliphatic rings. The van der Waals surface area contributed by atoms with Crippen LogP contribution in [0.3, 0.4) is 0 Å². The van der Waals surface area contributed by atoms with Gasteiger partial charge in [0, 0.05) is 37.5 Å². The fourth-order valence-corrected chi connectivity index (χ4v) is 4.13. The fraction of sp³-hybridized carbons (Fsp3) is 0.435. The second-order valence-electron chi connectivity index (χ2n) is 8.40. The first-order chi connectivity index (χ1) is 14.6. The second-order valence-corrected chi connectivity index (χ2v) is 8.40. The van der Waals surface area contributed by atoms with Crippen molar-refractivity contribution in [3.05, 3.63) is 47.0 Å². The van der Waals surface area contributed by atoms with Crippen molar-refractivity contribution in [1.82, 2.24) is 4.90 Å². The summed E-state index contributed by atoms with van der Waals surface area (Å²) >= 11 is 0. The molecule has 1 saturated heterocycles. The van der Waals surface area contributed by atoms with E-state index in [1.54, 1.807) is 4.90 Å². The molecule has 2 heterocycles. The molecular formula is C23H26N2O5. The molecule has 1 aliphatic carbocycles. The molecule has 0 bridgehead atoms. The molecule has 1 atom stereocenters. The average Bonchev–Trinajstić information content (AvgIpc) is 3.21. The van der Waals surface area contributed by atoms with Gasteiger partial charge in [-0.3, -0.25) is 4.79 Å². The van der Waals surface area contributed by atoms with Crippen LogP contribution in [-0.2, 0) is 17.8 Å². The quantitative estimate of drug-likeness (QED) is 0.677. The van der Waals surface area contributed by atoms with E-state index in [-0.39, 0.29) is 34.8 Å². The van der Waals surface area contributed by atoms with E-state index >= 15 is 0 Å². The predicted molar refractivity (Wildman–Crippen MR) is 111 cm³/mol. The number of carbonyl (C=O) groups excluding carboxylic acids is 1. The van der Waals surface area contributed by atoms with Crippen molar-refractivity contribution in [2.24, 2.45) is 5.92 Å². The van der Waals surface area contributed by atoms with Gasteiger partial charge in [-0.2, -0.15) is 0 Å². The van der Waals surface area contributed by atoms with Gasteiger partial charge in [-0.05, 0) is 42.4 Å². The molecule has 30 heavy (non-hydrogen) atoms. The molecule has 0 radical (unpaired) electrons. The summed E-state index contributed by atoms with van der Waals surface area (Å²) in [5.74, 6) is 0.0428. The molecule has 1 amide bonds. The molecule has 0 aromatic heterocycles. The molecule has 5 rings (SSSR count). The van der Waals surface area contributed by atoms with Crippen LogP contribution >= 0.6 is 0 Å². The number of phenols is 2. The molecule has 3 N–H and O–H groups in total. The molecule has 7 nitrogen and oxygen atoms in total. The van der Waals surface area contributed by atoms with Gasteiger partial charge in [-0.1, -0.05) is 12.1 Å². The summed E-state index contributed by atoms with van der Waals surface area (Å²) < 4.78 is 11.3. The number of ether oxygens (including phenoxy) is 2. The number of hydrogen-bond acceptors (Lipinski definition) is 6. The Morgan fingerprint density at radius 3 is 2.83 bits per heavy atom. The second kappa shape index (κ2) is 7.72. The minimum atomic E-state index is -0.301. The van der Waals surface area contributed by atoms with Crippen LogP contribution in [0, 0.1) is 5.92 Å². The maximum atomic E-state index is 13.3. The molecule has 2 fully saturated rings. The summed E-state index contributed by atoms with van der Waals surface area (Å²) in [4.78, 5) is 15.1. The van der Waals surface area contributed by atoms with Crippen LogP contribution in [0.5, 0.6) is 17.2 Å². The maximum absolute atomic E-state index is 13.3. The van der Waals surface area contributed by atoms with E-state index in [2.05, 4.69) is 5.32 Å². The molecule has 1 saturated carbocycles. The van der Waals surface area contributed by atoms with E-state index in [9.17, 15) is 15.0 Å². The first-order valence-electron chi connectivity index (χ1n) is 10.5. The van der Waals surface area contributed by atoms with Crippen molar-refractivity contribution in [2.45, 2.75) is 38.4 Å². The normalized spacial score (nSPS) is 20.3. The number of phenolic OH excluding ortho intramolecular Hbond substituents is 2. The van der Waals surface area contributed by atoms with Crippen LogP contribution < -0.4 is 10.1 Å². The van der Waals surface area contributed by atoms with E-state index in [1.165, 1.54) is 12.1 Å². The van der Waals surface area contributed by atoms with Crippen LogP contribution in [0.2, 0.25) is 0 Å². The van der Waals surface area contributed by atoms with Gasteiger partial charge in [0.1, 0.15) is 22.8 Å². The zero-order valence-corrected chi connectivity index (χ0v) is 16.8. The molecule has 2 aliphatic heterocycles. The number of nitrogens with one attached hydrogen (secondary N) is 1. The summed E-state index contributed by atoms with van der Waals surface area (Å²) in [6.45, 7) is 2.86. The molecule has 158 valence electrons. The Morgan fingerprint density at radius 1 is 1.20 bits per heavy atom. The first-order valence-corrected chi connectivity index (χ1v) is 10.5. The summed E-state index contributed by atoms with van der Waals surface area (Å²) in [7, 11) is 0. The van der Waals surface area contributed by atoms with E-state index < -0.39 is 0 Å². The largest absolute Gasteiger partial charge is 0.508 e. The third-order valence-corrected chi connectivity index (χ3v) is 6.01. The van der Waals surface area contributed by atoms with Crippen molar-refractivity contribution in [1.29, 1.82) is 0 Å². The highest BCUT2D eigenvalue weighted by molar-refractivity contribution is 6.00. The Kier molecular flexibility index (Phi) is 4.90. The van der Waals surface area contributed by atoms with Crippen molar-refractivity contribution in [3.8, 4) is 17.2 Å². The molecule has 1 unspecified atom stereocenters. The Hall–Kier alpha value is -2.93. The Labute approximate surface area is 175 Å². The lowest BCUT2D eigenvalue weighted by Gasteiger charge is -2.20. The van der Waals surface area contributed by atoms with Gasteiger partial charge in [-0.25, -0.2) is 0 Å². The zero-order valence-electron chi connectivity index (χ0n) is 16.8. The maximum Gasteiger partial charge on any atom is 0.262 e. The average molecular weight is 410 g/mol. The Bertz CT molecular complexity index is 966. The lowest BCUT2D eigenvalue weighted by Crippen LogP contribution is -2.26. The van der Waals surface area contributed by atoms with E-state index in [0.717, 1.165) is 42.7 Å². The molecule has 2 aromatic carbocycles. The Morgan fingerprint density at radius 2 is 2.07 bits per heavy atom. The van der Waals surface area contributed by atoms with Crippen LogP contribution in [0.15, 0.2) is 30.3 Å². The van der Waals surface area contributed by atoms with Gasteiger partial charge in [0.2, 0.25) is 0 Å². The summed E-state index contributed by atoms with van der Waals surface area (Å²) in [6, 6.07) is 8.93. The molecule has 7 heteroatoms. The number of anilines is 1. The minimum Gasteiger partial charge on any atom is -0.508 e. The van der Waals surface area contributed by atoms with Crippen LogP contribution in [0.25, 0.3) is 0 Å². The van der Waals surface area contributed by atoms with Crippen molar-refractivity contribution in [3.63, 3.8) is 0 Å². The minimum absolute atomic E-state index is 0.111. The lowest BCUT2D eigenvalue weighted by atomic mass is 10.1. The number of benzene rings is 2. The number of nitrogens with zero attached hydrogens (tertiary/aromatic N) is 1. The summed E-state index contributed by atoms with van der Waals surface area (Å²) in [6.07, 6.45) is 3.18. The smallest absolute Gasteiger partial charge is 0.262 e. The topological polar surface area (TPSA) is 91.3 Å². The van der Waals surface area contributed by atoms with Gasteiger partial charge in [0.25, 0.3) is 5.91 Å². The molecule has 2 aromatic rings. The third-order valence-electron chi connectivity index (χ3n) is 6.01. The van der Waals surface area contributed by atoms with Crippen LogP contribution in [-0.4, -0.2) is 46.9 Å². The highest BCUT2D eigenvalue weighted by Crippen LogP contribution is 2.38. The summed E-state index contributed by atoms with van der Waals surface area (Å²) in [5.41, 5.74) is 3.32. The van der Waals surface area contributed by atoms with Crippen LogP contribution in [0.1, 0.15) is 40.7 Å². The number of hydrogen-bond donors (Lipinski definition) is 3. The highest BCUT2D eigenvalue weighted by atomic mass is 16.5. The monoisotopic (exact) mass is 410 g/mol. The van der Waals surface area contributed by atoms with Crippen molar-refractivity contribution >= 4 is 11.6 Å². The lowest BCUT2D eigenvalue weighted by molar-refractivity contribution is 0.0743. The van der Waals surface area contributed by atoms with Gasteiger partial charge in [0.05, 0.1) is 19.3 Å². The zero-order chi connectivity index (χ0) is 20.7. The van der Waals surface area contributed by atoms with E-state index in [1.807, 2.05) is 18.2 Å². The van der Waals surface area contributed by atoms with Gasteiger partial charge in [0.15, 0.2) is 0 Å². The van der Waals surface area contributed by atoms with Crippen LogP contribution in [0.4, 0.5) is 5.69 Å². The van der Waals surface area contributed by atoms with Gasteiger partial charge in [-0.15, -0.1) is 0 Å². The fourth-order valence-electron chi connectivity index (χ4n) is 4.13. The standard InChI is InChI=1S/C23H26N2O5/c26-17-8-20(27)22(21(9-17)30-12-14-4-5-14)23(28)25-10-15-2-1-3-19(18(15)11-25)24-16-6-7-29-13-16/h1-3,8-9,14,16,24,26-27H,4-7,10-13H2. The van der Waals surface area contributed by atoms with Crippen molar-refractivity contribution < 1.29 is 24.5 Å². The first kappa shape index (κ1) is 19.1. The highest BCUT2D eigenvalue weighted by Gasteiger charge is 2.31. The number of aromatic hydroxyl groups is 2. The molecular weight excluding hydrogens is 384 g/mol. The Balaban J connectivity index is 1.38. The third kappa shape index (κ3) is 3.77. The van der Waals surface area contributed by atoms with E-state index in [0.29, 0.717) is 32.2 Å². The van der Waals surface area contributed by atoms with E-state index in [4.69, 9.17) is 9.47 Å². The number of fused-ring (bicyclic) bond motifs is 1. The predicted octanol–water partition coefficient (Wildman–Crippen LogP) is 3.24. The number of carbonyl (C=O) groups is 1.